The fourth-order valence-corrected chi connectivity index (χ4v) is 5.93. The predicted octanol–water partition coefficient (Wildman–Crippen LogP) is 6.04. The summed E-state index contributed by atoms with van der Waals surface area (Å²) in [5.74, 6) is -1.26. The van der Waals surface area contributed by atoms with E-state index in [1.807, 2.05) is 25.1 Å². The van der Waals surface area contributed by atoms with Crippen molar-refractivity contribution in [3.63, 3.8) is 0 Å². The SMILES string of the molecule is CCCN(C(=O)C(F)(F)F)C1CCc2ccc(O)cc2C1.CCCN(C(=O)C(F)(F)F)C1CCc2ccc(OCC)cc2C1.CCI.C[C-](C)C.O.[K+]. The number of hydrogen-bond acceptors (Lipinski definition) is 4. The van der Waals surface area contributed by atoms with E-state index < -0.39 is 36.3 Å². The van der Waals surface area contributed by atoms with Crippen LogP contribution in [0.25, 0.3) is 0 Å². The Labute approximate surface area is 367 Å². The molecule has 15 heteroatoms. The number of aromatic hydroxyl groups is 1. The number of rotatable bonds is 8. The van der Waals surface area contributed by atoms with Crippen LogP contribution in [0.5, 0.6) is 11.5 Å². The number of aryl methyl sites for hydroxylation is 2. The van der Waals surface area contributed by atoms with Crippen molar-refractivity contribution in [2.45, 2.75) is 124 Å². The predicted molar refractivity (Wildman–Crippen MR) is 202 cm³/mol. The average Bonchev–Trinajstić information content (AvgIpc) is 3.04. The number of phenolic OH excluding ortho intramolecular Hbond substituents is 1. The fraction of sp³-hybridized carbons (Fsp3) is 0.605. The van der Waals surface area contributed by atoms with Crippen LogP contribution >= 0.6 is 22.6 Å². The molecular weight excluding hydrogens is 844 g/mol. The number of amides is 2. The van der Waals surface area contributed by atoms with Crippen molar-refractivity contribution in [1.29, 1.82) is 0 Å². The first-order chi connectivity index (χ1) is 23.8. The van der Waals surface area contributed by atoms with Crippen LogP contribution in [-0.2, 0) is 35.3 Å². The third kappa shape index (κ3) is 19.1. The van der Waals surface area contributed by atoms with Gasteiger partial charge in [-0.25, -0.2) is 0 Å². The maximum absolute atomic E-state index is 12.8. The average molecular weight is 901 g/mol. The second-order valence-corrected chi connectivity index (χ2v) is 14.4. The molecule has 0 spiro atoms. The Balaban J connectivity index is 0. The van der Waals surface area contributed by atoms with E-state index in [1.165, 1.54) is 10.3 Å². The normalized spacial score (nSPS) is 15.8. The molecule has 2 aliphatic rings. The number of nitrogens with zero attached hydrogens (tertiary/aromatic N) is 2. The van der Waals surface area contributed by atoms with E-state index in [0.717, 1.165) is 37.8 Å². The van der Waals surface area contributed by atoms with Gasteiger partial charge in [0.2, 0.25) is 0 Å². The van der Waals surface area contributed by atoms with E-state index in [4.69, 9.17) is 4.74 Å². The number of ether oxygens (including phenoxy) is 1. The van der Waals surface area contributed by atoms with Crippen molar-refractivity contribution >= 4 is 34.4 Å². The van der Waals surface area contributed by atoms with Gasteiger partial charge in [0, 0.05) is 25.2 Å². The molecule has 0 heterocycles. The van der Waals surface area contributed by atoms with Gasteiger partial charge in [-0.1, -0.05) is 55.5 Å². The van der Waals surface area contributed by atoms with Gasteiger partial charge in [-0.3, -0.25) is 9.59 Å². The van der Waals surface area contributed by atoms with Crippen molar-refractivity contribution in [3.05, 3.63) is 64.6 Å². The summed E-state index contributed by atoms with van der Waals surface area (Å²) in [4.78, 5) is 25.2. The molecule has 2 aromatic rings. The molecule has 0 aromatic heterocycles. The molecule has 0 saturated carbocycles. The van der Waals surface area contributed by atoms with Crippen LogP contribution in [0.4, 0.5) is 26.3 Å². The molecule has 7 nitrogen and oxygen atoms in total. The van der Waals surface area contributed by atoms with Gasteiger partial charge in [0.05, 0.1) is 6.61 Å². The summed E-state index contributed by atoms with van der Waals surface area (Å²) >= 11 is 2.29. The van der Waals surface area contributed by atoms with Gasteiger partial charge in [0.1, 0.15) is 11.5 Å². The number of hydrogen-bond donors (Lipinski definition) is 1. The Morgan fingerprint density at radius 3 is 1.51 bits per heavy atom. The summed E-state index contributed by atoms with van der Waals surface area (Å²) in [5.41, 5.74) is 3.95. The summed E-state index contributed by atoms with van der Waals surface area (Å²) in [6, 6.07) is 9.79. The summed E-state index contributed by atoms with van der Waals surface area (Å²) in [7, 11) is 0. The van der Waals surface area contributed by atoms with Gasteiger partial charge in [0.25, 0.3) is 0 Å². The molecule has 3 N–H and O–H groups in total. The molecule has 2 atom stereocenters. The van der Waals surface area contributed by atoms with Crippen molar-refractivity contribution < 1.29 is 103 Å². The first kappa shape index (κ1) is 54.0. The molecule has 2 amide bonds. The quantitative estimate of drug-likeness (QED) is 0.115. The van der Waals surface area contributed by atoms with Gasteiger partial charge in [0.15, 0.2) is 0 Å². The minimum Gasteiger partial charge on any atom is -0.508 e. The number of halogens is 7. The largest absolute Gasteiger partial charge is 1.00 e. The molecule has 0 fully saturated rings. The van der Waals surface area contributed by atoms with E-state index in [0.29, 0.717) is 58.0 Å². The Kier molecular flexibility index (Phi) is 27.2. The second kappa shape index (κ2) is 26.7. The maximum Gasteiger partial charge on any atom is 1.00 e. The molecule has 0 aliphatic heterocycles. The molecule has 0 bridgehead atoms. The van der Waals surface area contributed by atoms with E-state index in [9.17, 15) is 41.0 Å². The number of fused-ring (bicyclic) bond motifs is 2. The minimum absolute atomic E-state index is 0. The van der Waals surface area contributed by atoms with Crippen molar-refractivity contribution in [2.24, 2.45) is 0 Å². The maximum atomic E-state index is 12.8. The van der Waals surface area contributed by atoms with Crippen LogP contribution < -0.4 is 56.1 Å². The molecular formula is C38H56F6IKN2O5. The second-order valence-electron chi connectivity index (χ2n) is 12.9. The monoisotopic (exact) mass is 900 g/mol. The van der Waals surface area contributed by atoms with Crippen LogP contribution in [0.1, 0.15) is 96.4 Å². The van der Waals surface area contributed by atoms with Crippen LogP contribution in [0.15, 0.2) is 36.4 Å². The number of benzene rings is 2. The standard InChI is InChI=1S/C17H22F3NO2.C15H18F3NO2.C4H9.C2H5I.K.H2O/c1-3-9-21(16(22)17(18,19)20)14-7-5-12-6-8-15(23-4-2)11-13(12)10-14;1-2-7-19(14(21)15(16,17)18)12-5-3-10-4-6-13(20)9-11(10)8-12;1-4(2)3;1-2-3;;/h6,8,11,14H,3-5,7,9-10H2,1-2H3;4,6,9,12,20H,2-3,5,7-8H2,1H3;1-3H3;2H2,1H3;;1H2/q;;-1;;+1;. The van der Waals surface area contributed by atoms with Crippen LogP contribution in [0.2, 0.25) is 0 Å². The fourth-order valence-electron chi connectivity index (χ4n) is 5.93. The summed E-state index contributed by atoms with van der Waals surface area (Å²) in [5, 5.41) is 9.49. The Hall–Kier alpha value is -1.11. The summed E-state index contributed by atoms with van der Waals surface area (Å²) in [6.45, 7) is 14.5. The minimum atomic E-state index is -4.84. The van der Waals surface area contributed by atoms with Crippen molar-refractivity contribution in [2.75, 3.05) is 24.1 Å². The van der Waals surface area contributed by atoms with Gasteiger partial charge < -0.3 is 31.0 Å². The number of phenols is 1. The van der Waals surface area contributed by atoms with Crippen LogP contribution in [-0.4, -0.2) is 80.8 Å². The topological polar surface area (TPSA) is 102 Å². The molecule has 2 aliphatic carbocycles. The first-order valence-electron chi connectivity index (χ1n) is 17.5. The van der Waals surface area contributed by atoms with Gasteiger partial charge in [-0.05, 0) is 109 Å². The number of carbonyl (C=O) groups is 2. The molecule has 2 unspecified atom stereocenters. The number of alkyl halides is 7. The number of carbonyl (C=O) groups excluding carboxylic acids is 2. The molecule has 2 aromatic carbocycles. The zero-order valence-corrected chi connectivity index (χ0v) is 37.6. The Morgan fingerprint density at radius 1 is 0.774 bits per heavy atom. The van der Waals surface area contributed by atoms with E-state index >= 15 is 0 Å². The van der Waals surface area contributed by atoms with Gasteiger partial charge >= 0.3 is 75.6 Å². The first-order valence-corrected chi connectivity index (χ1v) is 19.0. The van der Waals surface area contributed by atoms with Crippen molar-refractivity contribution in [3.8, 4) is 11.5 Å². The summed E-state index contributed by atoms with van der Waals surface area (Å²) < 4.78 is 83.3. The smallest absolute Gasteiger partial charge is 0.508 e. The van der Waals surface area contributed by atoms with E-state index in [1.54, 1.807) is 32.0 Å². The van der Waals surface area contributed by atoms with Gasteiger partial charge in [-0.2, -0.15) is 47.1 Å². The van der Waals surface area contributed by atoms with Gasteiger partial charge in [-0.15, -0.1) is 0 Å². The Bertz CT molecular complexity index is 1360. The molecule has 4 rings (SSSR count). The zero-order valence-electron chi connectivity index (χ0n) is 32.3. The zero-order chi connectivity index (χ0) is 38.9. The van der Waals surface area contributed by atoms with E-state index in [2.05, 4.69) is 50.3 Å². The molecule has 0 saturated heterocycles. The van der Waals surface area contributed by atoms with Crippen molar-refractivity contribution in [1.82, 2.24) is 9.80 Å². The third-order valence-corrected chi connectivity index (χ3v) is 7.90. The van der Waals surface area contributed by atoms with Crippen LogP contribution in [0, 0.1) is 5.92 Å². The van der Waals surface area contributed by atoms with Crippen LogP contribution in [0.3, 0.4) is 0 Å². The third-order valence-electron chi connectivity index (χ3n) is 7.90. The molecule has 298 valence electrons. The van der Waals surface area contributed by atoms with E-state index in [-0.39, 0.29) is 75.7 Å². The summed E-state index contributed by atoms with van der Waals surface area (Å²) in [6.07, 6.45) is -5.51. The molecule has 0 radical (unpaired) electrons. The Morgan fingerprint density at radius 2 is 1.15 bits per heavy atom. The molecule has 53 heavy (non-hydrogen) atoms.